The average molecular weight is 355 g/mol. The first kappa shape index (κ1) is 15.3. The molecule has 1 aromatic carbocycles. The molecule has 0 aromatic heterocycles. The van der Waals surface area contributed by atoms with Gasteiger partial charge in [0, 0.05) is 29.1 Å². The van der Waals surface area contributed by atoms with Crippen LogP contribution in [0, 0.1) is 11.7 Å². The molecule has 0 amide bonds. The van der Waals surface area contributed by atoms with Crippen LogP contribution in [0.2, 0.25) is 0 Å². The molecule has 1 saturated carbocycles. The Bertz CT molecular complexity index is 512. The smallest absolute Gasteiger partial charge is 0.146 e. The fourth-order valence-corrected chi connectivity index (χ4v) is 4.23. The molecule has 1 N–H and O–H groups in total. The minimum atomic E-state index is -0.112. The number of nitrogens with one attached hydrogen (secondary N) is 1. The summed E-state index contributed by atoms with van der Waals surface area (Å²) in [7, 11) is 0. The van der Waals surface area contributed by atoms with E-state index < -0.39 is 0 Å². The Morgan fingerprint density at radius 1 is 1.33 bits per heavy atom. The maximum atomic E-state index is 14.4. The normalized spacial score (nSPS) is 25.0. The summed E-state index contributed by atoms with van der Waals surface area (Å²) >= 11 is 3.49. The molecule has 0 radical (unpaired) electrons. The number of halogens is 2. The predicted octanol–water partition coefficient (Wildman–Crippen LogP) is 4.34. The first-order valence-electron chi connectivity index (χ1n) is 7.97. The molecule has 116 valence electrons. The van der Waals surface area contributed by atoms with Crippen LogP contribution >= 0.6 is 15.9 Å². The van der Waals surface area contributed by atoms with E-state index in [1.54, 1.807) is 12.1 Å². The Hall–Kier alpha value is -0.610. The Balaban J connectivity index is 1.95. The summed E-state index contributed by atoms with van der Waals surface area (Å²) < 4.78 is 15.3. The topological polar surface area (TPSA) is 15.3 Å². The highest BCUT2D eigenvalue weighted by molar-refractivity contribution is 9.10. The van der Waals surface area contributed by atoms with Crippen molar-refractivity contribution < 1.29 is 4.39 Å². The Labute approximate surface area is 135 Å². The van der Waals surface area contributed by atoms with Crippen LogP contribution in [0.3, 0.4) is 0 Å². The average Bonchev–Trinajstić information content (AvgIpc) is 2.89. The molecule has 1 heterocycles. The fraction of sp³-hybridized carbons (Fsp3) is 0.647. The van der Waals surface area contributed by atoms with Crippen LogP contribution in [0.25, 0.3) is 0 Å². The summed E-state index contributed by atoms with van der Waals surface area (Å²) in [6.07, 6.45) is 5.00. The standard InChI is InChI=1S/C17H24BrFN2/c1-12(2)16-10-20-17(7-3-4-8-17)11-21(16)15-9-13(18)5-6-14(15)19/h5-6,9,12,16,20H,3-4,7-8,10-11H2,1-2H3. The third kappa shape index (κ3) is 2.98. The number of hydrogen-bond acceptors (Lipinski definition) is 2. The van der Waals surface area contributed by atoms with E-state index in [4.69, 9.17) is 0 Å². The zero-order valence-electron chi connectivity index (χ0n) is 12.8. The van der Waals surface area contributed by atoms with E-state index in [0.29, 0.717) is 12.0 Å². The summed E-state index contributed by atoms with van der Waals surface area (Å²) in [6.45, 7) is 6.32. The molecule has 1 aliphatic carbocycles. The van der Waals surface area contributed by atoms with E-state index in [2.05, 4.69) is 40.0 Å². The number of rotatable bonds is 2. The monoisotopic (exact) mass is 354 g/mol. The summed E-state index contributed by atoms with van der Waals surface area (Å²) in [5.41, 5.74) is 0.941. The molecule has 2 aliphatic rings. The summed E-state index contributed by atoms with van der Waals surface area (Å²) in [5, 5.41) is 3.78. The molecule has 1 aliphatic heterocycles. The first-order chi connectivity index (χ1) is 10.0. The highest BCUT2D eigenvalue weighted by Crippen LogP contribution is 2.37. The van der Waals surface area contributed by atoms with Crippen LogP contribution in [-0.2, 0) is 0 Å². The zero-order chi connectivity index (χ0) is 15.0. The lowest BCUT2D eigenvalue weighted by molar-refractivity contribution is 0.244. The van der Waals surface area contributed by atoms with Gasteiger partial charge < -0.3 is 10.2 Å². The maximum absolute atomic E-state index is 14.4. The van der Waals surface area contributed by atoms with Gasteiger partial charge in [-0.25, -0.2) is 4.39 Å². The van der Waals surface area contributed by atoms with Crippen LogP contribution in [-0.4, -0.2) is 24.7 Å². The molecular weight excluding hydrogens is 331 g/mol. The molecule has 3 rings (SSSR count). The van der Waals surface area contributed by atoms with Crippen molar-refractivity contribution in [3.05, 3.63) is 28.5 Å². The van der Waals surface area contributed by atoms with Crippen LogP contribution in [0.5, 0.6) is 0 Å². The molecular formula is C17H24BrFN2. The molecule has 1 saturated heterocycles. The van der Waals surface area contributed by atoms with Crippen LogP contribution in [0.15, 0.2) is 22.7 Å². The van der Waals surface area contributed by atoms with E-state index in [1.807, 2.05) is 6.07 Å². The highest BCUT2D eigenvalue weighted by atomic mass is 79.9. The van der Waals surface area contributed by atoms with Crippen molar-refractivity contribution in [1.29, 1.82) is 0 Å². The van der Waals surface area contributed by atoms with Crippen molar-refractivity contribution in [3.8, 4) is 0 Å². The summed E-state index contributed by atoms with van der Waals surface area (Å²) in [6, 6.07) is 5.62. The van der Waals surface area contributed by atoms with Gasteiger partial charge in [-0.15, -0.1) is 0 Å². The second-order valence-electron chi connectivity index (χ2n) is 6.90. The molecule has 2 fully saturated rings. The third-order valence-electron chi connectivity index (χ3n) is 5.11. The van der Waals surface area contributed by atoms with Crippen LogP contribution in [0.4, 0.5) is 10.1 Å². The molecule has 1 atom stereocenters. The summed E-state index contributed by atoms with van der Waals surface area (Å²) in [5.74, 6) is 0.383. The lowest BCUT2D eigenvalue weighted by atomic mass is 9.88. The zero-order valence-corrected chi connectivity index (χ0v) is 14.4. The van der Waals surface area contributed by atoms with Crippen molar-refractivity contribution in [1.82, 2.24) is 5.32 Å². The highest BCUT2D eigenvalue weighted by Gasteiger charge is 2.42. The van der Waals surface area contributed by atoms with E-state index in [9.17, 15) is 4.39 Å². The van der Waals surface area contributed by atoms with Gasteiger partial charge in [-0.2, -0.15) is 0 Å². The number of benzene rings is 1. The van der Waals surface area contributed by atoms with Gasteiger partial charge in [0.15, 0.2) is 0 Å². The van der Waals surface area contributed by atoms with Crippen molar-refractivity contribution in [2.24, 2.45) is 5.92 Å². The SMILES string of the molecule is CC(C)C1CNC2(CCCC2)CN1c1cc(Br)ccc1F. The first-order valence-corrected chi connectivity index (χ1v) is 8.77. The second kappa shape index (κ2) is 5.88. The van der Waals surface area contributed by atoms with Gasteiger partial charge in [0.2, 0.25) is 0 Å². The van der Waals surface area contributed by atoms with Crippen LogP contribution in [0.1, 0.15) is 39.5 Å². The number of nitrogens with zero attached hydrogens (tertiary/aromatic N) is 1. The maximum Gasteiger partial charge on any atom is 0.146 e. The van der Waals surface area contributed by atoms with Gasteiger partial charge in [-0.3, -0.25) is 0 Å². The van der Waals surface area contributed by atoms with Gasteiger partial charge in [0.05, 0.1) is 5.69 Å². The minimum Gasteiger partial charge on any atom is -0.363 e. The molecule has 2 nitrogen and oxygen atoms in total. The second-order valence-corrected chi connectivity index (χ2v) is 7.82. The predicted molar refractivity (Wildman–Crippen MR) is 89.3 cm³/mol. The van der Waals surface area contributed by atoms with Gasteiger partial charge in [-0.05, 0) is 37.0 Å². The molecule has 0 bridgehead atoms. The van der Waals surface area contributed by atoms with Gasteiger partial charge >= 0.3 is 0 Å². The Morgan fingerprint density at radius 3 is 2.71 bits per heavy atom. The number of anilines is 1. The minimum absolute atomic E-state index is 0.112. The molecule has 1 unspecified atom stereocenters. The van der Waals surface area contributed by atoms with Gasteiger partial charge in [-0.1, -0.05) is 42.6 Å². The van der Waals surface area contributed by atoms with Crippen molar-refractivity contribution in [2.45, 2.75) is 51.1 Å². The fourth-order valence-electron chi connectivity index (χ4n) is 3.88. The molecule has 1 aromatic rings. The van der Waals surface area contributed by atoms with Gasteiger partial charge in [0.1, 0.15) is 5.82 Å². The molecule has 1 spiro atoms. The van der Waals surface area contributed by atoms with E-state index in [0.717, 1.165) is 23.2 Å². The van der Waals surface area contributed by atoms with Gasteiger partial charge in [0.25, 0.3) is 0 Å². The van der Waals surface area contributed by atoms with E-state index in [-0.39, 0.29) is 11.4 Å². The lowest BCUT2D eigenvalue weighted by Crippen LogP contribution is -2.64. The van der Waals surface area contributed by atoms with E-state index in [1.165, 1.54) is 25.7 Å². The molecule has 4 heteroatoms. The quantitative estimate of drug-likeness (QED) is 0.849. The third-order valence-corrected chi connectivity index (χ3v) is 5.60. The summed E-state index contributed by atoms with van der Waals surface area (Å²) in [4.78, 5) is 2.31. The largest absolute Gasteiger partial charge is 0.363 e. The van der Waals surface area contributed by atoms with Crippen LogP contribution < -0.4 is 10.2 Å². The molecule has 21 heavy (non-hydrogen) atoms. The Kier molecular flexibility index (Phi) is 4.28. The number of hydrogen-bond donors (Lipinski definition) is 1. The number of piperazine rings is 1. The van der Waals surface area contributed by atoms with E-state index >= 15 is 0 Å². The Morgan fingerprint density at radius 2 is 2.05 bits per heavy atom. The lowest BCUT2D eigenvalue weighted by Gasteiger charge is -2.49. The van der Waals surface area contributed by atoms with Crippen molar-refractivity contribution in [3.63, 3.8) is 0 Å². The van der Waals surface area contributed by atoms with Crippen molar-refractivity contribution in [2.75, 3.05) is 18.0 Å². The van der Waals surface area contributed by atoms with Crippen molar-refractivity contribution >= 4 is 21.6 Å².